The Bertz CT molecular complexity index is 553. The van der Waals surface area contributed by atoms with Crippen LogP contribution in [-0.4, -0.2) is 22.2 Å². The minimum absolute atomic E-state index is 0.210. The average molecular weight is 282 g/mol. The van der Waals surface area contributed by atoms with E-state index < -0.39 is 0 Å². The normalized spacial score (nSPS) is 10.4. The molecule has 0 fully saturated rings. The molecule has 0 saturated carbocycles. The van der Waals surface area contributed by atoms with Gasteiger partial charge in [-0.15, -0.1) is 0 Å². The number of carbonyl (C=O) groups excluding carboxylic acids is 1. The smallest absolute Gasteiger partial charge is 0.251 e. The zero-order chi connectivity index (χ0) is 13.7. The van der Waals surface area contributed by atoms with Gasteiger partial charge in [0, 0.05) is 24.8 Å². The SMILES string of the molecule is O=C(NCCCn1cc(Cl)cn1)c1ccc(F)cc1. The number of nitrogens with one attached hydrogen (secondary N) is 1. The highest BCUT2D eigenvalue weighted by molar-refractivity contribution is 6.30. The fourth-order valence-corrected chi connectivity index (χ4v) is 1.76. The molecule has 0 aliphatic carbocycles. The standard InChI is InChI=1S/C13H13ClFN3O/c14-11-8-17-18(9-11)7-1-6-16-13(19)10-2-4-12(15)5-3-10/h2-5,8-9H,1,6-7H2,(H,16,19). The molecular weight excluding hydrogens is 269 g/mol. The van der Waals surface area contributed by atoms with Crippen LogP contribution in [0.2, 0.25) is 5.02 Å². The number of rotatable bonds is 5. The molecule has 0 bridgehead atoms. The zero-order valence-electron chi connectivity index (χ0n) is 10.1. The average Bonchev–Trinajstić information content (AvgIpc) is 2.81. The number of benzene rings is 1. The van der Waals surface area contributed by atoms with E-state index in [1.165, 1.54) is 24.3 Å². The van der Waals surface area contributed by atoms with Gasteiger partial charge in [0.1, 0.15) is 5.82 Å². The summed E-state index contributed by atoms with van der Waals surface area (Å²) in [4.78, 5) is 11.7. The lowest BCUT2D eigenvalue weighted by molar-refractivity contribution is 0.0952. The number of halogens is 2. The summed E-state index contributed by atoms with van der Waals surface area (Å²) >= 11 is 5.73. The molecule has 0 spiro atoms. The van der Waals surface area contributed by atoms with Gasteiger partial charge in [0.2, 0.25) is 0 Å². The van der Waals surface area contributed by atoms with Crippen LogP contribution in [0, 0.1) is 5.82 Å². The van der Waals surface area contributed by atoms with Crippen LogP contribution < -0.4 is 5.32 Å². The Morgan fingerprint density at radius 1 is 1.37 bits per heavy atom. The van der Waals surface area contributed by atoms with Crippen molar-refractivity contribution in [3.05, 3.63) is 53.1 Å². The van der Waals surface area contributed by atoms with Crippen molar-refractivity contribution in [3.63, 3.8) is 0 Å². The molecule has 2 aromatic rings. The Morgan fingerprint density at radius 2 is 2.11 bits per heavy atom. The van der Waals surface area contributed by atoms with Gasteiger partial charge in [-0.3, -0.25) is 9.48 Å². The molecule has 0 atom stereocenters. The van der Waals surface area contributed by atoms with E-state index in [9.17, 15) is 9.18 Å². The Labute approximate surface area is 115 Å². The summed E-state index contributed by atoms with van der Waals surface area (Å²) in [5.41, 5.74) is 0.448. The van der Waals surface area contributed by atoms with Crippen molar-refractivity contribution >= 4 is 17.5 Å². The van der Waals surface area contributed by atoms with Gasteiger partial charge >= 0.3 is 0 Å². The molecule has 1 amide bonds. The van der Waals surface area contributed by atoms with E-state index in [1.807, 2.05) is 0 Å². The number of hydrogen-bond donors (Lipinski definition) is 1. The second kappa shape index (κ2) is 6.33. The molecule has 1 heterocycles. The highest BCUT2D eigenvalue weighted by Crippen LogP contribution is 2.05. The quantitative estimate of drug-likeness (QED) is 0.856. The third-order valence-corrected chi connectivity index (χ3v) is 2.75. The molecule has 0 aliphatic rings. The molecule has 0 saturated heterocycles. The lowest BCUT2D eigenvalue weighted by Gasteiger charge is -2.05. The fraction of sp³-hybridized carbons (Fsp3) is 0.231. The zero-order valence-corrected chi connectivity index (χ0v) is 10.9. The molecule has 4 nitrogen and oxygen atoms in total. The Hall–Kier alpha value is -1.88. The van der Waals surface area contributed by atoms with Gasteiger partial charge in [0.05, 0.1) is 11.2 Å². The van der Waals surface area contributed by atoms with Gasteiger partial charge < -0.3 is 5.32 Å². The first-order valence-electron chi connectivity index (χ1n) is 5.87. The van der Waals surface area contributed by atoms with Crippen molar-refractivity contribution in [2.75, 3.05) is 6.54 Å². The molecule has 0 radical (unpaired) electrons. The molecule has 100 valence electrons. The summed E-state index contributed by atoms with van der Waals surface area (Å²) in [6.07, 6.45) is 4.03. The number of amides is 1. The molecule has 1 N–H and O–H groups in total. The van der Waals surface area contributed by atoms with Crippen LogP contribution in [0.5, 0.6) is 0 Å². The van der Waals surface area contributed by atoms with E-state index in [0.29, 0.717) is 23.7 Å². The topological polar surface area (TPSA) is 46.9 Å². The van der Waals surface area contributed by atoms with Gasteiger partial charge in [0.15, 0.2) is 0 Å². The molecule has 19 heavy (non-hydrogen) atoms. The van der Waals surface area contributed by atoms with Crippen LogP contribution in [0.1, 0.15) is 16.8 Å². The number of hydrogen-bond acceptors (Lipinski definition) is 2. The number of carbonyl (C=O) groups is 1. The maximum absolute atomic E-state index is 12.7. The minimum Gasteiger partial charge on any atom is -0.352 e. The second-order valence-electron chi connectivity index (χ2n) is 4.04. The first-order chi connectivity index (χ1) is 9.15. The molecule has 0 unspecified atom stereocenters. The number of nitrogens with zero attached hydrogens (tertiary/aromatic N) is 2. The Kier molecular flexibility index (Phi) is 4.52. The van der Waals surface area contributed by atoms with E-state index in [-0.39, 0.29) is 11.7 Å². The lowest BCUT2D eigenvalue weighted by Crippen LogP contribution is -2.25. The second-order valence-corrected chi connectivity index (χ2v) is 4.47. The van der Waals surface area contributed by atoms with Gasteiger partial charge in [-0.2, -0.15) is 5.10 Å². The highest BCUT2D eigenvalue weighted by Gasteiger charge is 2.04. The van der Waals surface area contributed by atoms with Crippen LogP contribution in [-0.2, 0) is 6.54 Å². The van der Waals surface area contributed by atoms with E-state index in [2.05, 4.69) is 10.4 Å². The van der Waals surface area contributed by atoms with Crippen molar-refractivity contribution < 1.29 is 9.18 Å². The van der Waals surface area contributed by atoms with Crippen LogP contribution in [0.3, 0.4) is 0 Å². The summed E-state index contributed by atoms with van der Waals surface area (Å²) < 4.78 is 14.4. The van der Waals surface area contributed by atoms with Crippen molar-refractivity contribution in [1.82, 2.24) is 15.1 Å². The van der Waals surface area contributed by atoms with Crippen molar-refractivity contribution in [2.45, 2.75) is 13.0 Å². The molecule has 0 aliphatic heterocycles. The maximum Gasteiger partial charge on any atom is 0.251 e. The van der Waals surface area contributed by atoms with Crippen LogP contribution >= 0.6 is 11.6 Å². The summed E-state index contributed by atoms with van der Waals surface area (Å²) in [5.74, 6) is -0.564. The summed E-state index contributed by atoms with van der Waals surface area (Å²) in [6, 6.07) is 5.44. The summed E-state index contributed by atoms with van der Waals surface area (Å²) in [7, 11) is 0. The largest absolute Gasteiger partial charge is 0.352 e. The van der Waals surface area contributed by atoms with Crippen LogP contribution in [0.15, 0.2) is 36.7 Å². The third kappa shape index (κ3) is 4.06. The van der Waals surface area contributed by atoms with Crippen LogP contribution in [0.25, 0.3) is 0 Å². The maximum atomic E-state index is 12.7. The molecule has 6 heteroatoms. The van der Waals surface area contributed by atoms with Crippen molar-refractivity contribution in [3.8, 4) is 0 Å². The van der Waals surface area contributed by atoms with Gasteiger partial charge in [-0.05, 0) is 30.7 Å². The van der Waals surface area contributed by atoms with Crippen molar-refractivity contribution in [2.24, 2.45) is 0 Å². The van der Waals surface area contributed by atoms with Crippen LogP contribution in [0.4, 0.5) is 4.39 Å². The molecule has 1 aromatic carbocycles. The summed E-state index contributed by atoms with van der Waals surface area (Å²) in [5, 5.41) is 7.38. The van der Waals surface area contributed by atoms with E-state index in [4.69, 9.17) is 11.6 Å². The van der Waals surface area contributed by atoms with Gasteiger partial charge in [-0.1, -0.05) is 11.6 Å². The van der Waals surface area contributed by atoms with Gasteiger partial charge in [0.25, 0.3) is 5.91 Å². The lowest BCUT2D eigenvalue weighted by atomic mass is 10.2. The van der Waals surface area contributed by atoms with Gasteiger partial charge in [-0.25, -0.2) is 4.39 Å². The van der Waals surface area contributed by atoms with Crippen molar-refractivity contribution in [1.29, 1.82) is 0 Å². The van der Waals surface area contributed by atoms with E-state index in [0.717, 1.165) is 6.42 Å². The molecule has 2 rings (SSSR count). The fourth-order valence-electron chi connectivity index (χ4n) is 1.61. The number of aromatic nitrogens is 2. The predicted molar refractivity (Wildman–Crippen MR) is 70.6 cm³/mol. The Balaban J connectivity index is 1.73. The minimum atomic E-state index is -0.355. The number of aryl methyl sites for hydroxylation is 1. The highest BCUT2D eigenvalue weighted by atomic mass is 35.5. The monoisotopic (exact) mass is 281 g/mol. The Morgan fingerprint density at radius 3 is 2.74 bits per heavy atom. The van der Waals surface area contributed by atoms with E-state index >= 15 is 0 Å². The van der Waals surface area contributed by atoms with E-state index in [1.54, 1.807) is 17.1 Å². The third-order valence-electron chi connectivity index (χ3n) is 2.56. The first-order valence-corrected chi connectivity index (χ1v) is 6.24. The first kappa shape index (κ1) is 13.5. The summed E-state index contributed by atoms with van der Waals surface area (Å²) in [6.45, 7) is 1.20. The predicted octanol–water partition coefficient (Wildman–Crippen LogP) is 2.50. The molecule has 1 aromatic heterocycles. The molecular formula is C13H13ClFN3O.